The second-order valence-corrected chi connectivity index (χ2v) is 6.92. The Hall–Kier alpha value is -2.05. The van der Waals surface area contributed by atoms with E-state index in [1.54, 1.807) is 6.07 Å². The van der Waals surface area contributed by atoms with Gasteiger partial charge in [0.25, 0.3) is 0 Å². The number of aromatic amines is 1. The van der Waals surface area contributed by atoms with Crippen LogP contribution in [0.25, 0.3) is 11.0 Å². The molecule has 0 spiro atoms. The van der Waals surface area contributed by atoms with Gasteiger partial charge < -0.3 is 10.3 Å². The summed E-state index contributed by atoms with van der Waals surface area (Å²) in [5.74, 6) is -0.639. The molecule has 4 nitrogen and oxygen atoms in total. The van der Waals surface area contributed by atoms with Gasteiger partial charge >= 0.3 is 0 Å². The number of aryl methyl sites for hydroxylation is 1. The largest absolute Gasteiger partial charge is 0.358 e. The SMILES string of the molecule is Cc1c[nH]c2cnc(C3CC(C)NC(c4ccc(F)c(F)c4)C3)nc12.Cl. The number of hydrogen-bond acceptors (Lipinski definition) is 3. The summed E-state index contributed by atoms with van der Waals surface area (Å²) in [5, 5.41) is 3.47. The normalized spacial score (nSPS) is 23.0. The predicted octanol–water partition coefficient (Wildman–Crippen LogP) is 4.56. The van der Waals surface area contributed by atoms with Crippen molar-refractivity contribution in [2.24, 2.45) is 0 Å². The molecule has 138 valence electrons. The Morgan fingerprint density at radius 2 is 1.96 bits per heavy atom. The average Bonchev–Trinajstić information content (AvgIpc) is 2.97. The molecule has 3 unspecified atom stereocenters. The number of benzene rings is 1. The number of aromatic nitrogens is 3. The summed E-state index contributed by atoms with van der Waals surface area (Å²) in [6.07, 6.45) is 5.42. The number of hydrogen-bond donors (Lipinski definition) is 2. The van der Waals surface area contributed by atoms with Crippen LogP contribution in [0.5, 0.6) is 0 Å². The molecule has 1 saturated heterocycles. The van der Waals surface area contributed by atoms with Crippen LogP contribution in [0.1, 0.15) is 48.7 Å². The molecule has 2 aromatic heterocycles. The Kier molecular flexibility index (Phi) is 5.25. The van der Waals surface area contributed by atoms with Crippen LogP contribution in [-0.2, 0) is 0 Å². The zero-order valence-corrected chi connectivity index (χ0v) is 15.4. The van der Waals surface area contributed by atoms with E-state index in [4.69, 9.17) is 4.98 Å². The molecule has 0 saturated carbocycles. The van der Waals surface area contributed by atoms with Gasteiger partial charge in [-0.05, 0) is 49.9 Å². The maximum absolute atomic E-state index is 13.6. The van der Waals surface area contributed by atoms with E-state index < -0.39 is 11.6 Å². The molecule has 0 aliphatic carbocycles. The zero-order valence-electron chi connectivity index (χ0n) is 14.6. The number of rotatable bonds is 2. The van der Waals surface area contributed by atoms with Crippen molar-refractivity contribution in [1.29, 1.82) is 0 Å². The van der Waals surface area contributed by atoms with E-state index >= 15 is 0 Å². The number of piperidine rings is 1. The molecule has 4 rings (SSSR count). The smallest absolute Gasteiger partial charge is 0.159 e. The van der Waals surface area contributed by atoms with Gasteiger partial charge in [-0.3, -0.25) is 0 Å². The lowest BCUT2D eigenvalue weighted by Crippen LogP contribution is -2.38. The Morgan fingerprint density at radius 1 is 1.15 bits per heavy atom. The molecule has 2 N–H and O–H groups in total. The van der Waals surface area contributed by atoms with E-state index in [9.17, 15) is 8.78 Å². The van der Waals surface area contributed by atoms with Crippen LogP contribution in [0.4, 0.5) is 8.78 Å². The van der Waals surface area contributed by atoms with Gasteiger partial charge in [0.05, 0.1) is 17.2 Å². The van der Waals surface area contributed by atoms with Crippen molar-refractivity contribution in [1.82, 2.24) is 20.3 Å². The van der Waals surface area contributed by atoms with Crippen LogP contribution < -0.4 is 5.32 Å². The van der Waals surface area contributed by atoms with E-state index in [1.165, 1.54) is 12.1 Å². The number of H-pyrrole nitrogens is 1. The molecule has 1 aliphatic heterocycles. The van der Waals surface area contributed by atoms with Gasteiger partial charge in [-0.2, -0.15) is 0 Å². The minimum absolute atomic E-state index is 0. The number of nitrogens with one attached hydrogen (secondary N) is 2. The summed E-state index contributed by atoms with van der Waals surface area (Å²) in [4.78, 5) is 12.4. The molecule has 3 atom stereocenters. The van der Waals surface area contributed by atoms with Crippen molar-refractivity contribution in [3.8, 4) is 0 Å². The Bertz CT molecular complexity index is 927. The summed E-state index contributed by atoms with van der Waals surface area (Å²) in [6.45, 7) is 4.11. The third kappa shape index (κ3) is 3.44. The molecule has 3 aromatic rings. The van der Waals surface area contributed by atoms with Crippen LogP contribution in [0.2, 0.25) is 0 Å². The summed E-state index contributed by atoms with van der Waals surface area (Å²) in [5.41, 5.74) is 3.73. The van der Waals surface area contributed by atoms with Crippen molar-refractivity contribution >= 4 is 23.4 Å². The third-order valence-electron chi connectivity index (χ3n) is 4.98. The number of fused-ring (bicyclic) bond motifs is 1. The molecule has 7 heteroatoms. The zero-order chi connectivity index (χ0) is 17.6. The molecule has 0 radical (unpaired) electrons. The first-order valence-corrected chi connectivity index (χ1v) is 8.53. The minimum atomic E-state index is -0.819. The number of halogens is 3. The van der Waals surface area contributed by atoms with Crippen LogP contribution in [0.3, 0.4) is 0 Å². The molecule has 3 heterocycles. The molecule has 26 heavy (non-hydrogen) atoms. The van der Waals surface area contributed by atoms with Gasteiger partial charge in [-0.25, -0.2) is 18.7 Å². The number of nitrogens with zero attached hydrogens (tertiary/aromatic N) is 2. The summed E-state index contributed by atoms with van der Waals surface area (Å²) < 4.78 is 26.8. The van der Waals surface area contributed by atoms with Crippen molar-refractivity contribution < 1.29 is 8.78 Å². The van der Waals surface area contributed by atoms with Gasteiger partial charge in [0, 0.05) is 24.2 Å². The molecular weight excluding hydrogens is 358 g/mol. The fourth-order valence-corrected chi connectivity index (χ4v) is 3.71. The van der Waals surface area contributed by atoms with E-state index in [0.29, 0.717) is 0 Å². The van der Waals surface area contributed by atoms with Crippen LogP contribution >= 0.6 is 12.4 Å². The molecule has 0 amide bonds. The Balaban J connectivity index is 0.00000196. The molecule has 1 aromatic carbocycles. The Labute approximate surface area is 156 Å². The van der Waals surface area contributed by atoms with Crippen molar-refractivity contribution in [2.45, 2.75) is 44.7 Å². The first-order chi connectivity index (χ1) is 12.0. The summed E-state index contributed by atoms with van der Waals surface area (Å²) in [7, 11) is 0. The second kappa shape index (κ2) is 7.29. The second-order valence-electron chi connectivity index (χ2n) is 6.92. The predicted molar refractivity (Wildman–Crippen MR) is 99.5 cm³/mol. The standard InChI is InChI=1S/C19H20F2N4.ClH/c1-10-8-22-17-9-23-19(25-18(10)17)13-5-11(2)24-16(7-13)12-3-4-14(20)15(21)6-12;/h3-4,6,8-9,11,13,16,22,24H,5,7H2,1-2H3;1H. The third-order valence-corrected chi connectivity index (χ3v) is 4.98. The van der Waals surface area contributed by atoms with Crippen molar-refractivity contribution in [3.05, 3.63) is 59.2 Å². The van der Waals surface area contributed by atoms with Gasteiger partial charge in [0.15, 0.2) is 11.6 Å². The molecule has 1 fully saturated rings. The maximum atomic E-state index is 13.6. The monoisotopic (exact) mass is 378 g/mol. The summed E-state index contributed by atoms with van der Waals surface area (Å²) >= 11 is 0. The fraction of sp³-hybridized carbons (Fsp3) is 0.368. The highest BCUT2D eigenvalue weighted by atomic mass is 35.5. The first-order valence-electron chi connectivity index (χ1n) is 8.53. The highest BCUT2D eigenvalue weighted by Crippen LogP contribution is 2.35. The maximum Gasteiger partial charge on any atom is 0.159 e. The molecule has 1 aliphatic rings. The highest BCUT2D eigenvalue weighted by Gasteiger charge is 2.30. The van der Waals surface area contributed by atoms with Crippen LogP contribution in [-0.4, -0.2) is 21.0 Å². The van der Waals surface area contributed by atoms with E-state index in [-0.39, 0.29) is 30.4 Å². The van der Waals surface area contributed by atoms with Gasteiger partial charge in [-0.15, -0.1) is 12.4 Å². The lowest BCUT2D eigenvalue weighted by atomic mass is 9.85. The highest BCUT2D eigenvalue weighted by molar-refractivity contribution is 5.85. The van der Waals surface area contributed by atoms with Crippen molar-refractivity contribution in [2.75, 3.05) is 0 Å². The van der Waals surface area contributed by atoms with Gasteiger partial charge in [0.1, 0.15) is 5.82 Å². The van der Waals surface area contributed by atoms with Crippen LogP contribution in [0.15, 0.2) is 30.6 Å². The topological polar surface area (TPSA) is 53.6 Å². The minimum Gasteiger partial charge on any atom is -0.358 e. The van der Waals surface area contributed by atoms with E-state index in [0.717, 1.165) is 40.8 Å². The average molecular weight is 379 g/mol. The van der Waals surface area contributed by atoms with Crippen molar-refractivity contribution in [3.63, 3.8) is 0 Å². The van der Waals surface area contributed by atoms with Crippen LogP contribution in [0, 0.1) is 18.6 Å². The lowest BCUT2D eigenvalue weighted by molar-refractivity contribution is 0.299. The first kappa shape index (κ1) is 18.7. The van der Waals surface area contributed by atoms with Gasteiger partial charge in [0.2, 0.25) is 0 Å². The summed E-state index contributed by atoms with van der Waals surface area (Å²) in [6, 6.07) is 4.30. The quantitative estimate of drug-likeness (QED) is 0.687. The molecule has 0 bridgehead atoms. The fourth-order valence-electron chi connectivity index (χ4n) is 3.71. The van der Waals surface area contributed by atoms with E-state index in [2.05, 4.69) is 22.2 Å². The Morgan fingerprint density at radius 3 is 2.73 bits per heavy atom. The van der Waals surface area contributed by atoms with E-state index in [1.807, 2.05) is 19.3 Å². The lowest BCUT2D eigenvalue weighted by Gasteiger charge is -2.34. The molecular formula is C19H21ClF2N4. The van der Waals surface area contributed by atoms with Gasteiger partial charge in [-0.1, -0.05) is 6.07 Å².